The minimum Gasteiger partial charge on any atom is -0.507 e. The number of hydrogen-bond acceptors (Lipinski definition) is 5. The van der Waals surface area contributed by atoms with Crippen molar-refractivity contribution in [2.45, 2.75) is 11.4 Å². The maximum absolute atomic E-state index is 12.1. The number of nitrogen functional groups attached to an aromatic ring is 1. The molecule has 6 nitrogen and oxygen atoms in total. The van der Waals surface area contributed by atoms with Crippen molar-refractivity contribution in [2.24, 2.45) is 0 Å². The SMILES string of the molecule is COc1ccc(CNS(=O)(=O)c2ccc(N)cc2)c(O)c1. The van der Waals surface area contributed by atoms with Crippen LogP contribution in [0.1, 0.15) is 5.56 Å². The second-order valence-corrected chi connectivity index (χ2v) is 6.16. The normalized spacial score (nSPS) is 11.3. The van der Waals surface area contributed by atoms with Gasteiger partial charge in [0.25, 0.3) is 0 Å². The number of sulfonamides is 1. The predicted molar refractivity (Wildman–Crippen MR) is 79.5 cm³/mol. The van der Waals surface area contributed by atoms with Gasteiger partial charge in [-0.05, 0) is 30.3 Å². The zero-order valence-electron chi connectivity index (χ0n) is 11.4. The van der Waals surface area contributed by atoms with Crippen LogP contribution in [-0.4, -0.2) is 20.6 Å². The third-order valence-electron chi connectivity index (χ3n) is 2.94. The number of phenolic OH excluding ortho intramolecular Hbond substituents is 1. The van der Waals surface area contributed by atoms with E-state index in [0.29, 0.717) is 17.0 Å². The largest absolute Gasteiger partial charge is 0.507 e. The molecule has 0 unspecified atom stereocenters. The highest BCUT2D eigenvalue weighted by atomic mass is 32.2. The van der Waals surface area contributed by atoms with Gasteiger partial charge in [0.2, 0.25) is 10.0 Å². The third kappa shape index (κ3) is 3.65. The summed E-state index contributed by atoms with van der Waals surface area (Å²) in [7, 11) is -2.17. The molecule has 2 aromatic carbocycles. The number of anilines is 1. The number of phenols is 1. The van der Waals surface area contributed by atoms with Gasteiger partial charge < -0.3 is 15.6 Å². The van der Waals surface area contributed by atoms with Crippen molar-refractivity contribution in [1.29, 1.82) is 0 Å². The number of nitrogens with two attached hydrogens (primary N) is 1. The fourth-order valence-corrected chi connectivity index (χ4v) is 2.73. The lowest BCUT2D eigenvalue weighted by Crippen LogP contribution is -2.23. The summed E-state index contributed by atoms with van der Waals surface area (Å²) >= 11 is 0. The molecule has 0 aromatic heterocycles. The summed E-state index contributed by atoms with van der Waals surface area (Å²) in [6.45, 7) is -0.0253. The first-order valence-corrected chi connectivity index (χ1v) is 7.62. The standard InChI is InChI=1S/C14H16N2O4S/c1-20-12-5-2-10(14(17)8-12)9-16-21(18,19)13-6-3-11(15)4-7-13/h2-8,16-17H,9,15H2,1H3. The second kappa shape index (κ2) is 6.02. The molecule has 2 aromatic rings. The number of aromatic hydroxyl groups is 1. The Hall–Kier alpha value is -2.25. The molecule has 0 spiro atoms. The van der Waals surface area contributed by atoms with Gasteiger partial charge in [0.15, 0.2) is 0 Å². The first-order chi connectivity index (χ1) is 9.92. The van der Waals surface area contributed by atoms with Crippen LogP contribution in [0.5, 0.6) is 11.5 Å². The van der Waals surface area contributed by atoms with E-state index < -0.39 is 10.0 Å². The quantitative estimate of drug-likeness (QED) is 0.726. The van der Waals surface area contributed by atoms with Crippen LogP contribution in [0.15, 0.2) is 47.4 Å². The third-order valence-corrected chi connectivity index (χ3v) is 4.35. The summed E-state index contributed by atoms with van der Waals surface area (Å²) in [5.41, 5.74) is 6.46. The van der Waals surface area contributed by atoms with E-state index >= 15 is 0 Å². The van der Waals surface area contributed by atoms with E-state index in [9.17, 15) is 13.5 Å². The fraction of sp³-hybridized carbons (Fsp3) is 0.143. The smallest absolute Gasteiger partial charge is 0.240 e. The van der Waals surface area contributed by atoms with E-state index in [1.165, 1.54) is 37.4 Å². The molecular formula is C14H16N2O4S. The van der Waals surface area contributed by atoms with Crippen LogP contribution >= 0.6 is 0 Å². The van der Waals surface area contributed by atoms with Crippen LogP contribution in [0, 0.1) is 0 Å². The van der Waals surface area contributed by atoms with Crippen LogP contribution in [0.2, 0.25) is 0 Å². The van der Waals surface area contributed by atoms with E-state index in [1.807, 2.05) is 0 Å². The summed E-state index contributed by atoms with van der Waals surface area (Å²) < 4.78 is 31.6. The molecule has 7 heteroatoms. The van der Waals surface area contributed by atoms with Crippen LogP contribution < -0.4 is 15.2 Å². The zero-order chi connectivity index (χ0) is 15.5. The van der Waals surface area contributed by atoms with Crippen molar-refractivity contribution >= 4 is 15.7 Å². The molecule has 21 heavy (non-hydrogen) atoms. The van der Waals surface area contributed by atoms with Crippen molar-refractivity contribution in [2.75, 3.05) is 12.8 Å². The summed E-state index contributed by atoms with van der Waals surface area (Å²) in [5, 5.41) is 9.79. The number of ether oxygens (including phenoxy) is 1. The molecular weight excluding hydrogens is 292 g/mol. The molecule has 0 saturated carbocycles. The summed E-state index contributed by atoms with van der Waals surface area (Å²) in [5.74, 6) is 0.465. The Balaban J connectivity index is 2.13. The molecule has 0 amide bonds. The minimum absolute atomic E-state index is 0.0253. The Labute approximate surface area is 123 Å². The molecule has 0 aliphatic carbocycles. The molecule has 0 fully saturated rings. The molecule has 0 radical (unpaired) electrons. The second-order valence-electron chi connectivity index (χ2n) is 4.39. The Bertz CT molecular complexity index is 727. The molecule has 2 rings (SSSR count). The van der Waals surface area contributed by atoms with Gasteiger partial charge in [0.1, 0.15) is 11.5 Å². The van der Waals surface area contributed by atoms with Gasteiger partial charge in [-0.2, -0.15) is 0 Å². The summed E-state index contributed by atoms with van der Waals surface area (Å²) in [6.07, 6.45) is 0. The lowest BCUT2D eigenvalue weighted by Gasteiger charge is -2.09. The zero-order valence-corrected chi connectivity index (χ0v) is 12.2. The Kier molecular flexibility index (Phi) is 4.35. The maximum Gasteiger partial charge on any atom is 0.240 e. The Morgan fingerprint density at radius 2 is 1.86 bits per heavy atom. The number of rotatable bonds is 5. The molecule has 0 atom stereocenters. The molecule has 0 aliphatic heterocycles. The topological polar surface area (TPSA) is 102 Å². The molecule has 0 heterocycles. The average molecular weight is 308 g/mol. The average Bonchev–Trinajstić information content (AvgIpc) is 2.46. The van der Waals surface area contributed by atoms with Crippen molar-refractivity contribution < 1.29 is 18.3 Å². The highest BCUT2D eigenvalue weighted by Gasteiger charge is 2.14. The molecule has 0 bridgehead atoms. The Morgan fingerprint density at radius 3 is 2.43 bits per heavy atom. The molecule has 112 valence electrons. The maximum atomic E-state index is 12.1. The van der Waals surface area contributed by atoms with Crippen LogP contribution in [0.4, 0.5) is 5.69 Å². The van der Waals surface area contributed by atoms with E-state index in [1.54, 1.807) is 12.1 Å². The summed E-state index contributed by atoms with van der Waals surface area (Å²) in [6, 6.07) is 10.5. The van der Waals surface area contributed by atoms with Gasteiger partial charge in [0, 0.05) is 23.9 Å². The molecule has 0 aliphatic rings. The number of nitrogens with one attached hydrogen (secondary N) is 1. The van der Waals surface area contributed by atoms with Gasteiger partial charge in [-0.3, -0.25) is 0 Å². The number of methoxy groups -OCH3 is 1. The van der Waals surface area contributed by atoms with Gasteiger partial charge in [-0.1, -0.05) is 6.07 Å². The van der Waals surface area contributed by atoms with E-state index in [0.717, 1.165) is 0 Å². The van der Waals surface area contributed by atoms with Crippen molar-refractivity contribution in [3.05, 3.63) is 48.0 Å². The number of hydrogen-bond donors (Lipinski definition) is 3. The van der Waals surface area contributed by atoms with E-state index in [4.69, 9.17) is 10.5 Å². The van der Waals surface area contributed by atoms with Crippen LogP contribution in [0.25, 0.3) is 0 Å². The van der Waals surface area contributed by atoms with Gasteiger partial charge in [-0.25, -0.2) is 13.1 Å². The van der Waals surface area contributed by atoms with Crippen LogP contribution in [-0.2, 0) is 16.6 Å². The highest BCUT2D eigenvalue weighted by molar-refractivity contribution is 7.89. The number of benzene rings is 2. The van der Waals surface area contributed by atoms with E-state index in [2.05, 4.69) is 4.72 Å². The van der Waals surface area contributed by atoms with Gasteiger partial charge >= 0.3 is 0 Å². The van der Waals surface area contributed by atoms with E-state index in [-0.39, 0.29) is 17.2 Å². The fourth-order valence-electron chi connectivity index (χ4n) is 1.72. The highest BCUT2D eigenvalue weighted by Crippen LogP contribution is 2.23. The predicted octanol–water partition coefficient (Wildman–Crippen LogP) is 1.46. The van der Waals surface area contributed by atoms with Crippen molar-refractivity contribution in [3.8, 4) is 11.5 Å². The first kappa shape index (κ1) is 15.1. The lowest BCUT2D eigenvalue weighted by atomic mass is 10.2. The van der Waals surface area contributed by atoms with Gasteiger partial charge in [0.05, 0.1) is 12.0 Å². The van der Waals surface area contributed by atoms with Crippen LogP contribution in [0.3, 0.4) is 0 Å². The summed E-state index contributed by atoms with van der Waals surface area (Å²) in [4.78, 5) is 0.115. The Morgan fingerprint density at radius 1 is 1.19 bits per heavy atom. The monoisotopic (exact) mass is 308 g/mol. The first-order valence-electron chi connectivity index (χ1n) is 6.13. The molecule has 0 saturated heterocycles. The van der Waals surface area contributed by atoms with Gasteiger partial charge in [-0.15, -0.1) is 0 Å². The van der Waals surface area contributed by atoms with Crippen molar-refractivity contribution in [3.63, 3.8) is 0 Å². The minimum atomic E-state index is -3.66. The lowest BCUT2D eigenvalue weighted by molar-refractivity contribution is 0.406. The van der Waals surface area contributed by atoms with Crippen molar-refractivity contribution in [1.82, 2.24) is 4.72 Å². The molecule has 4 N–H and O–H groups in total.